The highest BCUT2D eigenvalue weighted by atomic mass is 32.2. The van der Waals surface area contributed by atoms with E-state index in [1.807, 2.05) is 5.40 Å². The van der Waals surface area contributed by atoms with Crippen LogP contribution in [0.5, 0.6) is 5.75 Å². The van der Waals surface area contributed by atoms with Crippen molar-refractivity contribution in [3.8, 4) is 11.2 Å². The molecule has 1 rings (SSSR count). The van der Waals surface area contributed by atoms with Crippen LogP contribution in [0.4, 0.5) is 4.79 Å². The second-order valence-electron chi connectivity index (χ2n) is 8.11. The molecular formula is C20H28N2O5S. The van der Waals surface area contributed by atoms with E-state index in [9.17, 15) is 9.59 Å². The van der Waals surface area contributed by atoms with E-state index < -0.39 is 29.3 Å². The molecule has 0 aliphatic heterocycles. The summed E-state index contributed by atoms with van der Waals surface area (Å²) in [5.74, 6) is -0.00659. The lowest BCUT2D eigenvalue weighted by atomic mass is 10.1. The average Bonchev–Trinajstić information content (AvgIpc) is 2.51. The summed E-state index contributed by atoms with van der Waals surface area (Å²) in [5, 5.41) is 13.6. The molecule has 7 nitrogen and oxygen atoms in total. The van der Waals surface area contributed by atoms with E-state index in [0.717, 1.165) is 17.3 Å². The molecule has 0 aromatic heterocycles. The highest BCUT2D eigenvalue weighted by molar-refractivity contribution is 8.03. The molecule has 0 aliphatic rings. The lowest BCUT2D eigenvalue weighted by Gasteiger charge is -2.26. The Morgan fingerprint density at radius 2 is 1.75 bits per heavy atom. The van der Waals surface area contributed by atoms with Gasteiger partial charge in [0, 0.05) is 6.42 Å². The summed E-state index contributed by atoms with van der Waals surface area (Å²) in [7, 11) is 1.52. The topological polar surface area (TPSA) is 97.7 Å². The first-order valence-electron chi connectivity index (χ1n) is 8.80. The number of rotatable bonds is 6. The summed E-state index contributed by atoms with van der Waals surface area (Å²) in [6, 6.07) is 4.30. The third kappa shape index (κ3) is 8.53. The molecule has 0 saturated carbocycles. The van der Waals surface area contributed by atoms with Gasteiger partial charge < -0.3 is 19.5 Å². The van der Waals surface area contributed by atoms with Gasteiger partial charge in [0.2, 0.25) is 0 Å². The fraction of sp³-hybridized carbons (Fsp3) is 0.550. The van der Waals surface area contributed by atoms with Crippen LogP contribution in [0.3, 0.4) is 0 Å². The maximum atomic E-state index is 12.6. The van der Waals surface area contributed by atoms with E-state index >= 15 is 0 Å². The van der Waals surface area contributed by atoms with Crippen LogP contribution >= 0.6 is 11.8 Å². The van der Waals surface area contributed by atoms with Gasteiger partial charge in [-0.3, -0.25) is 0 Å². The fourth-order valence-corrected chi connectivity index (χ4v) is 2.79. The minimum Gasteiger partial charge on any atom is -0.496 e. The van der Waals surface area contributed by atoms with E-state index in [0.29, 0.717) is 10.6 Å². The van der Waals surface area contributed by atoms with E-state index in [4.69, 9.17) is 19.5 Å². The molecule has 0 radical (unpaired) electrons. The molecule has 1 amide bonds. The number of thiocyanates is 1. The van der Waals surface area contributed by atoms with Crippen LogP contribution in [-0.4, -0.2) is 36.4 Å². The van der Waals surface area contributed by atoms with Crippen molar-refractivity contribution in [3.05, 3.63) is 23.8 Å². The second kappa shape index (κ2) is 9.69. The Kier molecular flexibility index (Phi) is 8.18. The van der Waals surface area contributed by atoms with Gasteiger partial charge in [0.05, 0.1) is 12.0 Å². The number of alkyl carbamates (subject to hydrolysis) is 1. The number of esters is 1. The van der Waals surface area contributed by atoms with Crippen LogP contribution in [0.1, 0.15) is 47.1 Å². The van der Waals surface area contributed by atoms with Crippen LogP contribution in [0.2, 0.25) is 0 Å². The smallest absolute Gasteiger partial charge is 0.408 e. The van der Waals surface area contributed by atoms with Crippen molar-refractivity contribution in [1.29, 1.82) is 5.26 Å². The predicted molar refractivity (Wildman–Crippen MR) is 107 cm³/mol. The molecule has 0 bridgehead atoms. The Morgan fingerprint density at radius 3 is 2.25 bits per heavy atom. The summed E-state index contributed by atoms with van der Waals surface area (Å²) < 4.78 is 15.9. The SMILES string of the molecule is COc1ccc(C[C@H](NC(=O)OC(C)(C)C)C(=O)OC(C)(C)C)cc1SC#N. The summed E-state index contributed by atoms with van der Waals surface area (Å²) in [4.78, 5) is 25.4. The summed E-state index contributed by atoms with van der Waals surface area (Å²) in [5.41, 5.74) is -0.656. The average molecular weight is 409 g/mol. The Labute approximate surface area is 170 Å². The first kappa shape index (κ1) is 23.6. The molecule has 0 aliphatic carbocycles. The molecule has 1 N–H and O–H groups in total. The van der Waals surface area contributed by atoms with Crippen LogP contribution in [0, 0.1) is 10.7 Å². The molecule has 8 heteroatoms. The largest absolute Gasteiger partial charge is 0.496 e. The van der Waals surface area contributed by atoms with Gasteiger partial charge in [-0.25, -0.2) is 9.59 Å². The van der Waals surface area contributed by atoms with E-state index in [2.05, 4.69) is 5.32 Å². The first-order valence-corrected chi connectivity index (χ1v) is 9.61. The number of nitrogens with one attached hydrogen (secondary N) is 1. The number of nitriles is 1. The highest BCUT2D eigenvalue weighted by Crippen LogP contribution is 2.30. The van der Waals surface area contributed by atoms with E-state index in [1.54, 1.807) is 59.7 Å². The predicted octanol–water partition coefficient (Wildman–Crippen LogP) is 4.05. The van der Waals surface area contributed by atoms with Crippen molar-refractivity contribution in [1.82, 2.24) is 5.32 Å². The first-order chi connectivity index (χ1) is 12.8. The molecule has 0 spiro atoms. The van der Waals surface area contributed by atoms with Crippen LogP contribution in [0.15, 0.2) is 23.1 Å². The van der Waals surface area contributed by atoms with Crippen molar-refractivity contribution >= 4 is 23.8 Å². The van der Waals surface area contributed by atoms with Gasteiger partial charge in [0.25, 0.3) is 0 Å². The van der Waals surface area contributed by atoms with Gasteiger partial charge in [-0.05, 0) is 71.0 Å². The molecule has 1 atom stereocenters. The number of nitrogens with zero attached hydrogens (tertiary/aromatic N) is 1. The third-order valence-electron chi connectivity index (χ3n) is 3.21. The number of hydrogen-bond acceptors (Lipinski definition) is 7. The van der Waals surface area contributed by atoms with E-state index in [-0.39, 0.29) is 6.42 Å². The lowest BCUT2D eigenvalue weighted by Crippen LogP contribution is -2.47. The minimum atomic E-state index is -0.942. The Bertz CT molecular complexity index is 744. The van der Waals surface area contributed by atoms with Crippen molar-refractivity contribution in [2.75, 3.05) is 7.11 Å². The number of methoxy groups -OCH3 is 1. The molecule has 0 heterocycles. The Hall–Kier alpha value is -2.40. The van der Waals surface area contributed by atoms with Gasteiger partial charge in [-0.15, -0.1) is 0 Å². The summed E-state index contributed by atoms with van der Waals surface area (Å²) in [6.07, 6.45) is -0.527. The monoisotopic (exact) mass is 408 g/mol. The van der Waals surface area contributed by atoms with Gasteiger partial charge in [0.1, 0.15) is 28.4 Å². The molecule has 0 unspecified atom stereocenters. The van der Waals surface area contributed by atoms with Crippen LogP contribution < -0.4 is 10.1 Å². The maximum Gasteiger partial charge on any atom is 0.408 e. The van der Waals surface area contributed by atoms with Gasteiger partial charge in [0.15, 0.2) is 0 Å². The Balaban J connectivity index is 3.08. The van der Waals surface area contributed by atoms with Gasteiger partial charge in [-0.1, -0.05) is 6.07 Å². The molecule has 0 saturated heterocycles. The third-order valence-corrected chi connectivity index (χ3v) is 3.84. The van der Waals surface area contributed by atoms with Gasteiger partial charge in [-0.2, -0.15) is 5.26 Å². The zero-order chi connectivity index (χ0) is 21.5. The normalized spacial score (nSPS) is 12.5. The molecule has 28 heavy (non-hydrogen) atoms. The highest BCUT2D eigenvalue weighted by Gasteiger charge is 2.29. The molecule has 154 valence electrons. The van der Waals surface area contributed by atoms with Crippen molar-refractivity contribution < 1.29 is 23.8 Å². The van der Waals surface area contributed by atoms with Crippen molar-refractivity contribution in [3.63, 3.8) is 0 Å². The minimum absolute atomic E-state index is 0.178. The fourth-order valence-electron chi connectivity index (χ4n) is 2.23. The van der Waals surface area contributed by atoms with Crippen LogP contribution in [0.25, 0.3) is 0 Å². The standard InChI is InChI=1S/C20H28N2O5S/c1-19(2,3)26-17(23)14(22-18(24)27-20(4,5)6)10-13-8-9-15(25-7)16(11-13)28-12-21/h8-9,11,14H,10H2,1-7H3,(H,22,24)/t14-/m0/s1. The number of carbonyl (C=O) groups excluding carboxylic acids is 2. The zero-order valence-corrected chi connectivity index (χ0v) is 18.2. The summed E-state index contributed by atoms with van der Waals surface area (Å²) >= 11 is 0.960. The molecule has 0 fully saturated rings. The maximum absolute atomic E-state index is 12.6. The van der Waals surface area contributed by atoms with Gasteiger partial charge >= 0.3 is 12.1 Å². The number of ether oxygens (including phenoxy) is 3. The van der Waals surface area contributed by atoms with Crippen molar-refractivity contribution in [2.24, 2.45) is 0 Å². The number of amides is 1. The summed E-state index contributed by atoms with van der Waals surface area (Å²) in [6.45, 7) is 10.5. The van der Waals surface area contributed by atoms with Crippen molar-refractivity contribution in [2.45, 2.75) is 70.1 Å². The number of thioether (sulfide) groups is 1. The van der Waals surface area contributed by atoms with Crippen LogP contribution in [-0.2, 0) is 20.7 Å². The Morgan fingerprint density at radius 1 is 1.14 bits per heavy atom. The number of hydrogen-bond donors (Lipinski definition) is 1. The van der Waals surface area contributed by atoms with E-state index in [1.165, 1.54) is 7.11 Å². The number of carbonyl (C=O) groups is 2. The zero-order valence-electron chi connectivity index (χ0n) is 17.4. The second-order valence-corrected chi connectivity index (χ2v) is 8.94. The molecule has 1 aromatic rings. The lowest BCUT2D eigenvalue weighted by molar-refractivity contribution is -0.157. The molecular weight excluding hydrogens is 380 g/mol. The number of benzene rings is 1. The quantitative estimate of drug-likeness (QED) is 0.431. The molecule has 1 aromatic carbocycles.